The van der Waals surface area contributed by atoms with E-state index in [1.54, 1.807) is 17.0 Å². The lowest BCUT2D eigenvalue weighted by molar-refractivity contribution is 0.0960. The van der Waals surface area contributed by atoms with Gasteiger partial charge < -0.3 is 30.9 Å². The molecule has 1 aromatic rings. The number of hydrogen-bond acceptors (Lipinski definition) is 4. The molecule has 5 amide bonds. The maximum absolute atomic E-state index is 11.9. The average Bonchev–Trinajstić information content (AvgIpc) is 2.99. The lowest BCUT2D eigenvalue weighted by Crippen LogP contribution is -2.38. The van der Waals surface area contributed by atoms with Gasteiger partial charge in [-0.2, -0.15) is 0 Å². The van der Waals surface area contributed by atoms with E-state index in [0.717, 1.165) is 0 Å². The van der Waals surface area contributed by atoms with Crippen molar-refractivity contribution < 1.29 is 19.1 Å². The second-order valence-electron chi connectivity index (χ2n) is 5.09. The van der Waals surface area contributed by atoms with E-state index in [0.29, 0.717) is 43.2 Å². The summed E-state index contributed by atoms with van der Waals surface area (Å²) in [6.45, 7) is 2.03. The van der Waals surface area contributed by atoms with E-state index in [9.17, 15) is 14.4 Å². The molecule has 130 valence electrons. The van der Waals surface area contributed by atoms with E-state index in [4.69, 9.17) is 4.74 Å². The van der Waals surface area contributed by atoms with Gasteiger partial charge in [0.25, 0.3) is 5.91 Å². The van der Waals surface area contributed by atoms with Crippen LogP contribution in [0.15, 0.2) is 18.2 Å². The predicted molar refractivity (Wildman–Crippen MR) is 88.4 cm³/mol. The Morgan fingerprint density at radius 3 is 2.79 bits per heavy atom. The summed E-state index contributed by atoms with van der Waals surface area (Å²) in [6.07, 6.45) is 0. The lowest BCUT2D eigenvalue weighted by Gasteiger charge is -2.15. The number of amides is 5. The average molecular weight is 335 g/mol. The summed E-state index contributed by atoms with van der Waals surface area (Å²) >= 11 is 0. The van der Waals surface area contributed by atoms with Gasteiger partial charge in [-0.1, -0.05) is 0 Å². The molecule has 24 heavy (non-hydrogen) atoms. The van der Waals surface area contributed by atoms with Crippen molar-refractivity contribution in [3.8, 4) is 5.75 Å². The topological polar surface area (TPSA) is 112 Å². The van der Waals surface area contributed by atoms with Gasteiger partial charge >= 0.3 is 12.1 Å². The summed E-state index contributed by atoms with van der Waals surface area (Å²) in [5.74, 6) is 0.108. The van der Waals surface area contributed by atoms with Gasteiger partial charge in [0.1, 0.15) is 5.75 Å². The molecule has 1 aliphatic rings. The van der Waals surface area contributed by atoms with Gasteiger partial charge in [-0.05, 0) is 18.2 Å². The first kappa shape index (κ1) is 17.4. The number of carbonyl (C=O) groups is 3. The van der Waals surface area contributed by atoms with Crippen LogP contribution in [-0.4, -0.2) is 63.2 Å². The third-order valence-electron chi connectivity index (χ3n) is 3.54. The molecular weight excluding hydrogens is 314 g/mol. The van der Waals surface area contributed by atoms with E-state index >= 15 is 0 Å². The molecule has 1 saturated heterocycles. The lowest BCUT2D eigenvalue weighted by atomic mass is 10.1. The first-order valence-electron chi connectivity index (χ1n) is 7.53. The van der Waals surface area contributed by atoms with E-state index in [2.05, 4.69) is 21.3 Å². The van der Waals surface area contributed by atoms with E-state index in [-0.39, 0.29) is 11.9 Å². The molecule has 0 saturated carbocycles. The zero-order valence-corrected chi connectivity index (χ0v) is 13.6. The number of nitrogens with zero attached hydrogens (tertiary/aromatic N) is 1. The minimum atomic E-state index is -0.414. The smallest absolute Gasteiger partial charge is 0.319 e. The fourth-order valence-corrected chi connectivity index (χ4v) is 2.30. The van der Waals surface area contributed by atoms with Crippen molar-refractivity contribution in [2.75, 3.05) is 45.7 Å². The van der Waals surface area contributed by atoms with Crippen molar-refractivity contribution in [3.05, 3.63) is 23.8 Å². The third-order valence-corrected chi connectivity index (χ3v) is 3.54. The van der Waals surface area contributed by atoms with Gasteiger partial charge in [0.15, 0.2) is 0 Å². The van der Waals surface area contributed by atoms with Crippen molar-refractivity contribution in [1.82, 2.24) is 20.9 Å². The number of hydrogen-bond donors (Lipinski definition) is 4. The molecule has 0 spiro atoms. The molecule has 1 fully saturated rings. The molecule has 1 aromatic carbocycles. The number of methoxy groups -OCH3 is 1. The zero-order valence-electron chi connectivity index (χ0n) is 13.6. The number of ether oxygens (including phenoxy) is 1. The monoisotopic (exact) mass is 335 g/mol. The number of benzene rings is 1. The highest BCUT2D eigenvalue weighted by Gasteiger charge is 2.18. The molecule has 0 unspecified atom stereocenters. The van der Waals surface area contributed by atoms with Gasteiger partial charge in [0.2, 0.25) is 0 Å². The summed E-state index contributed by atoms with van der Waals surface area (Å²) in [7, 11) is 2.99. The van der Waals surface area contributed by atoms with Crippen molar-refractivity contribution in [2.45, 2.75) is 0 Å². The number of urea groups is 2. The maximum Gasteiger partial charge on any atom is 0.319 e. The minimum absolute atomic E-state index is 0.123. The number of carbonyl (C=O) groups excluding carboxylic acids is 3. The number of rotatable bonds is 6. The molecule has 0 bridgehead atoms. The quantitative estimate of drug-likeness (QED) is 0.595. The van der Waals surface area contributed by atoms with Gasteiger partial charge in [-0.15, -0.1) is 0 Å². The van der Waals surface area contributed by atoms with Gasteiger partial charge in [0, 0.05) is 38.9 Å². The van der Waals surface area contributed by atoms with Crippen LogP contribution >= 0.6 is 0 Å². The first-order valence-corrected chi connectivity index (χ1v) is 7.53. The van der Waals surface area contributed by atoms with Crippen LogP contribution in [0.25, 0.3) is 0 Å². The Balaban J connectivity index is 1.89. The molecule has 2 rings (SSSR count). The Labute approximate surface area is 139 Å². The molecule has 1 heterocycles. The molecular formula is C15H21N5O4. The highest BCUT2D eigenvalue weighted by molar-refractivity contribution is 5.99. The maximum atomic E-state index is 11.9. The summed E-state index contributed by atoms with van der Waals surface area (Å²) < 4.78 is 5.13. The largest absolute Gasteiger partial charge is 0.496 e. The fraction of sp³-hybridized carbons (Fsp3) is 0.400. The van der Waals surface area contributed by atoms with E-state index in [1.807, 2.05) is 0 Å². The van der Waals surface area contributed by atoms with E-state index in [1.165, 1.54) is 20.2 Å². The first-order chi connectivity index (χ1) is 11.5. The molecule has 0 radical (unpaired) electrons. The van der Waals surface area contributed by atoms with Crippen LogP contribution in [0, 0.1) is 0 Å². The van der Waals surface area contributed by atoms with Crippen molar-refractivity contribution in [1.29, 1.82) is 0 Å². The van der Waals surface area contributed by atoms with Crippen LogP contribution in [-0.2, 0) is 0 Å². The van der Waals surface area contributed by atoms with Crippen LogP contribution in [0.5, 0.6) is 5.75 Å². The normalized spacial score (nSPS) is 13.2. The summed E-state index contributed by atoms with van der Waals surface area (Å²) in [4.78, 5) is 36.7. The van der Waals surface area contributed by atoms with E-state index < -0.39 is 6.03 Å². The van der Waals surface area contributed by atoms with Crippen molar-refractivity contribution in [2.24, 2.45) is 0 Å². The van der Waals surface area contributed by atoms with Crippen molar-refractivity contribution in [3.63, 3.8) is 0 Å². The Morgan fingerprint density at radius 2 is 2.17 bits per heavy atom. The Hall–Kier alpha value is -2.97. The van der Waals surface area contributed by atoms with Crippen molar-refractivity contribution >= 4 is 23.7 Å². The number of nitrogens with one attached hydrogen (secondary N) is 4. The van der Waals surface area contributed by atoms with Crippen LogP contribution in [0.4, 0.5) is 15.3 Å². The van der Waals surface area contributed by atoms with Crippen LogP contribution in [0.3, 0.4) is 0 Å². The second kappa shape index (κ2) is 8.04. The van der Waals surface area contributed by atoms with Gasteiger partial charge in [-0.25, -0.2) is 9.59 Å². The molecule has 1 aliphatic heterocycles. The van der Waals surface area contributed by atoms with Crippen LogP contribution < -0.4 is 26.0 Å². The van der Waals surface area contributed by atoms with Gasteiger partial charge in [-0.3, -0.25) is 4.79 Å². The second-order valence-corrected chi connectivity index (χ2v) is 5.09. The zero-order chi connectivity index (χ0) is 17.5. The summed E-state index contributed by atoms with van der Waals surface area (Å²) in [5.41, 5.74) is 0.789. The highest BCUT2D eigenvalue weighted by atomic mass is 16.5. The van der Waals surface area contributed by atoms with Crippen LogP contribution in [0.2, 0.25) is 0 Å². The van der Waals surface area contributed by atoms with Gasteiger partial charge in [0.05, 0.1) is 12.7 Å². The molecule has 4 N–H and O–H groups in total. The summed E-state index contributed by atoms with van der Waals surface area (Å²) in [6, 6.07) is 4.24. The Morgan fingerprint density at radius 1 is 1.38 bits per heavy atom. The molecule has 0 aliphatic carbocycles. The SMILES string of the molecule is CNC(=O)c1cc(NC(=O)NCCN2CCNC2=O)ccc1OC. The predicted octanol–water partition coefficient (Wildman–Crippen LogP) is 0.202. The molecule has 0 atom stereocenters. The molecule has 9 nitrogen and oxygen atoms in total. The summed E-state index contributed by atoms with van der Waals surface area (Å²) in [5, 5.41) is 10.5. The fourth-order valence-electron chi connectivity index (χ4n) is 2.30. The number of anilines is 1. The standard InChI is InChI=1S/C15H21N5O4/c1-16-13(21)11-9-10(3-4-12(11)24-2)19-14(22)17-5-7-20-8-6-18-15(20)23/h3-4,9H,5-8H2,1-2H3,(H,16,21)(H,18,23)(H2,17,19,22). The van der Waals surface area contributed by atoms with Crippen LogP contribution in [0.1, 0.15) is 10.4 Å². The molecule has 0 aromatic heterocycles. The Bertz CT molecular complexity index is 634. The molecule has 9 heteroatoms. The minimum Gasteiger partial charge on any atom is -0.496 e. The third kappa shape index (κ3) is 4.28. The Kier molecular flexibility index (Phi) is 5.83. The highest BCUT2D eigenvalue weighted by Crippen LogP contribution is 2.22.